The topological polar surface area (TPSA) is 91.3 Å². The molecular formula is C24H37N3O3S. The van der Waals surface area contributed by atoms with E-state index in [1.165, 1.54) is 19.3 Å². The zero-order chi connectivity index (χ0) is 22.3. The molecular weight excluding hydrogens is 410 g/mol. The highest BCUT2D eigenvalue weighted by atomic mass is 32.2. The molecule has 0 aromatic carbocycles. The number of pyridine rings is 1. The van der Waals surface area contributed by atoms with E-state index >= 15 is 0 Å². The Balaban J connectivity index is 1.60. The zero-order valence-corrected chi connectivity index (χ0v) is 19.7. The summed E-state index contributed by atoms with van der Waals surface area (Å²) in [4.78, 5) is 29.1. The van der Waals surface area contributed by atoms with Gasteiger partial charge in [0, 0.05) is 12.6 Å². The number of carboxylic acids is 1. The molecule has 2 aliphatic rings. The molecule has 3 rings (SSSR count). The van der Waals surface area contributed by atoms with Gasteiger partial charge in [-0.15, -0.1) is 11.8 Å². The van der Waals surface area contributed by atoms with E-state index < -0.39 is 11.4 Å². The number of carbonyl (C=O) groups excluding carboxylic acids is 1. The first-order valence-electron chi connectivity index (χ1n) is 11.8. The summed E-state index contributed by atoms with van der Waals surface area (Å²) in [6, 6.07) is 4.08. The Morgan fingerprint density at radius 1 is 1.16 bits per heavy atom. The van der Waals surface area contributed by atoms with Gasteiger partial charge in [0.05, 0.1) is 11.0 Å². The average molecular weight is 448 g/mol. The predicted molar refractivity (Wildman–Crippen MR) is 126 cm³/mol. The van der Waals surface area contributed by atoms with E-state index in [0.29, 0.717) is 11.5 Å². The van der Waals surface area contributed by atoms with Crippen LogP contribution in [0.4, 0.5) is 5.82 Å². The van der Waals surface area contributed by atoms with Crippen molar-refractivity contribution in [3.8, 4) is 0 Å². The highest BCUT2D eigenvalue weighted by Crippen LogP contribution is 2.39. The normalized spacial score (nSPS) is 24.5. The van der Waals surface area contributed by atoms with Crippen molar-refractivity contribution in [2.75, 3.05) is 17.6 Å². The number of aliphatic carboxylic acids is 1. The molecule has 2 saturated carbocycles. The molecule has 0 aliphatic heterocycles. The molecule has 0 saturated heterocycles. The molecule has 1 aromatic rings. The summed E-state index contributed by atoms with van der Waals surface area (Å²) in [6.07, 6.45) is 10.1. The van der Waals surface area contributed by atoms with E-state index in [4.69, 9.17) is 4.98 Å². The van der Waals surface area contributed by atoms with Gasteiger partial charge in [0.25, 0.3) is 5.91 Å². The summed E-state index contributed by atoms with van der Waals surface area (Å²) < 4.78 is 0. The van der Waals surface area contributed by atoms with Crippen LogP contribution >= 0.6 is 11.8 Å². The summed E-state index contributed by atoms with van der Waals surface area (Å²) >= 11 is 1.64. The molecule has 0 unspecified atom stereocenters. The minimum atomic E-state index is -0.680. The molecule has 2 fully saturated rings. The molecule has 1 amide bonds. The summed E-state index contributed by atoms with van der Waals surface area (Å²) in [6.45, 7) is 4.77. The number of nitrogens with one attached hydrogen (secondary N) is 2. The zero-order valence-electron chi connectivity index (χ0n) is 18.9. The van der Waals surface area contributed by atoms with Crippen molar-refractivity contribution < 1.29 is 14.7 Å². The number of carboxylic acid groups (broad SMARTS) is 1. The van der Waals surface area contributed by atoms with Crippen molar-refractivity contribution >= 4 is 29.5 Å². The fraction of sp³-hybridized carbons (Fsp3) is 0.708. The quantitative estimate of drug-likeness (QED) is 0.443. The van der Waals surface area contributed by atoms with Crippen LogP contribution < -0.4 is 10.6 Å². The lowest BCUT2D eigenvalue weighted by Crippen LogP contribution is -2.36. The summed E-state index contributed by atoms with van der Waals surface area (Å²) in [5.74, 6) is 1.48. The van der Waals surface area contributed by atoms with Crippen LogP contribution in [0, 0.1) is 11.3 Å². The van der Waals surface area contributed by atoms with E-state index in [0.717, 1.165) is 68.1 Å². The Morgan fingerprint density at radius 3 is 2.52 bits per heavy atom. The van der Waals surface area contributed by atoms with Crippen LogP contribution in [0.15, 0.2) is 17.2 Å². The lowest BCUT2D eigenvalue weighted by Gasteiger charge is -2.34. The number of hydrogen-bond donors (Lipinski definition) is 3. The van der Waals surface area contributed by atoms with Crippen LogP contribution in [0.25, 0.3) is 0 Å². The largest absolute Gasteiger partial charge is 0.481 e. The third-order valence-corrected chi connectivity index (χ3v) is 7.98. The molecule has 172 valence electrons. The molecule has 31 heavy (non-hydrogen) atoms. The highest BCUT2D eigenvalue weighted by molar-refractivity contribution is 7.99. The first-order chi connectivity index (χ1) is 14.9. The number of carbonyl (C=O) groups is 2. The van der Waals surface area contributed by atoms with Gasteiger partial charge in [0.15, 0.2) is 0 Å². The van der Waals surface area contributed by atoms with E-state index in [2.05, 4.69) is 17.6 Å². The third-order valence-electron chi connectivity index (χ3n) is 6.79. The van der Waals surface area contributed by atoms with Crippen LogP contribution in [0.1, 0.15) is 88.4 Å². The second kappa shape index (κ2) is 11.2. The van der Waals surface area contributed by atoms with Crippen molar-refractivity contribution in [1.29, 1.82) is 0 Å². The SMILES string of the molecule is CCCSc1nc(NCC2CCC(C)(C(=O)O)CC2)ccc1C(=O)NC1CCCCC1. The molecule has 0 bridgehead atoms. The van der Waals surface area contributed by atoms with Gasteiger partial charge in [-0.05, 0) is 75.7 Å². The van der Waals surface area contributed by atoms with Gasteiger partial charge in [0.1, 0.15) is 10.8 Å². The maximum absolute atomic E-state index is 12.9. The number of aromatic nitrogens is 1. The minimum absolute atomic E-state index is 0.00945. The van der Waals surface area contributed by atoms with Gasteiger partial charge >= 0.3 is 5.97 Å². The van der Waals surface area contributed by atoms with Gasteiger partial charge in [0.2, 0.25) is 0 Å². The van der Waals surface area contributed by atoms with Crippen molar-refractivity contribution in [2.24, 2.45) is 11.3 Å². The smallest absolute Gasteiger partial charge is 0.309 e. The van der Waals surface area contributed by atoms with E-state index in [9.17, 15) is 14.7 Å². The predicted octanol–water partition coefficient (Wildman–Crippen LogP) is 5.34. The first-order valence-corrected chi connectivity index (χ1v) is 12.8. The van der Waals surface area contributed by atoms with E-state index in [1.54, 1.807) is 11.8 Å². The average Bonchev–Trinajstić information content (AvgIpc) is 2.78. The minimum Gasteiger partial charge on any atom is -0.481 e. The monoisotopic (exact) mass is 447 g/mol. The van der Waals surface area contributed by atoms with Crippen molar-refractivity contribution in [3.05, 3.63) is 17.7 Å². The Bertz CT molecular complexity index is 756. The second-order valence-corrected chi connectivity index (χ2v) is 10.5. The van der Waals surface area contributed by atoms with Crippen molar-refractivity contribution in [1.82, 2.24) is 10.3 Å². The molecule has 3 N–H and O–H groups in total. The number of amides is 1. The molecule has 0 radical (unpaired) electrons. The highest BCUT2D eigenvalue weighted by Gasteiger charge is 2.37. The Hall–Kier alpha value is -1.76. The lowest BCUT2D eigenvalue weighted by atomic mass is 9.72. The Morgan fingerprint density at radius 2 is 1.87 bits per heavy atom. The summed E-state index contributed by atoms with van der Waals surface area (Å²) in [5.41, 5.74) is 0.0935. The summed E-state index contributed by atoms with van der Waals surface area (Å²) in [5, 5.41) is 16.8. The molecule has 6 nitrogen and oxygen atoms in total. The maximum Gasteiger partial charge on any atom is 0.309 e. The molecule has 1 heterocycles. The number of anilines is 1. The van der Waals surface area contributed by atoms with Gasteiger partial charge in [-0.2, -0.15) is 0 Å². The van der Waals surface area contributed by atoms with Gasteiger partial charge < -0.3 is 15.7 Å². The maximum atomic E-state index is 12.9. The summed E-state index contributed by atoms with van der Waals surface area (Å²) in [7, 11) is 0. The molecule has 0 atom stereocenters. The number of rotatable bonds is 9. The molecule has 7 heteroatoms. The molecule has 1 aromatic heterocycles. The Labute approximate surface area is 190 Å². The third kappa shape index (κ3) is 6.61. The number of nitrogens with zero attached hydrogens (tertiary/aromatic N) is 1. The van der Waals surface area contributed by atoms with Crippen LogP contribution in [0.2, 0.25) is 0 Å². The fourth-order valence-corrected chi connectivity index (χ4v) is 5.39. The van der Waals surface area contributed by atoms with Gasteiger partial charge in [-0.3, -0.25) is 9.59 Å². The first kappa shape index (κ1) is 23.9. The van der Waals surface area contributed by atoms with Gasteiger partial charge in [-0.1, -0.05) is 26.2 Å². The van der Waals surface area contributed by atoms with Crippen molar-refractivity contribution in [2.45, 2.75) is 89.1 Å². The van der Waals surface area contributed by atoms with Crippen molar-refractivity contribution in [3.63, 3.8) is 0 Å². The second-order valence-electron chi connectivity index (χ2n) is 9.40. The van der Waals surface area contributed by atoms with Crippen LogP contribution in [-0.2, 0) is 4.79 Å². The molecule has 0 spiro atoms. The van der Waals surface area contributed by atoms with Crippen LogP contribution in [0.3, 0.4) is 0 Å². The number of hydrogen-bond acceptors (Lipinski definition) is 5. The standard InChI is InChI=1S/C24H37N3O3S/c1-3-15-31-22-19(21(28)26-18-7-5-4-6-8-18)9-10-20(27-22)25-16-17-11-13-24(2,14-12-17)23(29)30/h9-10,17-18H,3-8,11-16H2,1-2H3,(H,25,27)(H,26,28)(H,29,30). The van der Waals surface area contributed by atoms with Gasteiger partial charge in [-0.25, -0.2) is 4.98 Å². The fourth-order valence-electron chi connectivity index (χ4n) is 4.51. The number of thioether (sulfide) groups is 1. The Kier molecular flexibility index (Phi) is 8.64. The van der Waals surface area contributed by atoms with Crippen LogP contribution in [0.5, 0.6) is 0 Å². The van der Waals surface area contributed by atoms with E-state index in [-0.39, 0.29) is 11.9 Å². The molecule has 2 aliphatic carbocycles. The van der Waals surface area contributed by atoms with Crippen LogP contribution in [-0.4, -0.2) is 40.3 Å². The lowest BCUT2D eigenvalue weighted by molar-refractivity contribution is -0.150. The van der Waals surface area contributed by atoms with E-state index in [1.807, 2.05) is 19.1 Å².